The zero-order chi connectivity index (χ0) is 24.3. The summed E-state index contributed by atoms with van der Waals surface area (Å²) in [5.41, 5.74) is 3.27. The molecule has 1 aromatic heterocycles. The second-order valence-corrected chi connectivity index (χ2v) is 11.1. The molecule has 6 nitrogen and oxygen atoms in total. The number of methoxy groups -OCH3 is 1. The summed E-state index contributed by atoms with van der Waals surface area (Å²) < 4.78 is 33.1. The highest BCUT2D eigenvalue weighted by molar-refractivity contribution is 7.89. The summed E-state index contributed by atoms with van der Waals surface area (Å²) in [6.07, 6.45) is 2.26. The van der Waals surface area contributed by atoms with E-state index in [4.69, 9.17) is 4.74 Å². The molecule has 2 heterocycles. The second kappa shape index (κ2) is 10.1. The summed E-state index contributed by atoms with van der Waals surface area (Å²) in [6, 6.07) is 16.0. The molecule has 0 radical (unpaired) electrons. The minimum Gasteiger partial charge on any atom is -0.497 e. The third kappa shape index (κ3) is 4.66. The van der Waals surface area contributed by atoms with Gasteiger partial charge >= 0.3 is 0 Å². The summed E-state index contributed by atoms with van der Waals surface area (Å²) in [5, 5.41) is 2.06. The van der Waals surface area contributed by atoms with E-state index in [1.165, 1.54) is 34.5 Å². The summed E-state index contributed by atoms with van der Waals surface area (Å²) in [4.78, 5) is 16.9. The van der Waals surface area contributed by atoms with Crippen molar-refractivity contribution in [3.05, 3.63) is 94.2 Å². The molecule has 0 bridgehead atoms. The molecule has 34 heavy (non-hydrogen) atoms. The van der Waals surface area contributed by atoms with Crippen molar-refractivity contribution in [1.82, 2.24) is 9.21 Å². The topological polar surface area (TPSA) is 66.9 Å². The summed E-state index contributed by atoms with van der Waals surface area (Å²) >= 11 is 1.70. The Labute approximate surface area is 205 Å². The average molecular weight is 497 g/mol. The standard InChI is InChI=1S/C26H28N2O4S2/c1-4-15-27(34(30,31)21-11-9-20(32-3)10-12-21)18-25(29)28-16-13-24-23(14-17-33-24)26(28)22-8-6-5-7-19(22)2/h4-12,14,17,26H,1,13,15-16,18H2,2-3H3. The van der Waals surface area contributed by atoms with E-state index in [9.17, 15) is 13.2 Å². The third-order valence-electron chi connectivity index (χ3n) is 6.11. The second-order valence-electron chi connectivity index (χ2n) is 8.16. The Bertz CT molecular complexity index is 1280. The summed E-state index contributed by atoms with van der Waals surface area (Å²) in [5.74, 6) is 0.329. The minimum atomic E-state index is -3.90. The molecule has 0 spiro atoms. The van der Waals surface area contributed by atoms with Gasteiger partial charge in [0.2, 0.25) is 15.9 Å². The van der Waals surface area contributed by atoms with Crippen LogP contribution in [0.25, 0.3) is 0 Å². The van der Waals surface area contributed by atoms with Crippen LogP contribution in [0.15, 0.2) is 77.5 Å². The fourth-order valence-corrected chi connectivity index (χ4v) is 6.61. The average Bonchev–Trinajstić information content (AvgIpc) is 3.32. The Hall–Kier alpha value is -2.94. The van der Waals surface area contributed by atoms with Crippen molar-refractivity contribution in [3.63, 3.8) is 0 Å². The van der Waals surface area contributed by atoms with E-state index < -0.39 is 10.0 Å². The molecule has 1 amide bonds. The first kappa shape index (κ1) is 24.2. The number of carbonyl (C=O) groups is 1. The number of thiophene rings is 1. The highest BCUT2D eigenvalue weighted by Crippen LogP contribution is 2.39. The molecule has 1 unspecified atom stereocenters. The van der Waals surface area contributed by atoms with Crippen LogP contribution < -0.4 is 4.74 Å². The first-order valence-electron chi connectivity index (χ1n) is 11.0. The number of carbonyl (C=O) groups excluding carboxylic acids is 1. The molecule has 1 aliphatic rings. The van der Waals surface area contributed by atoms with Gasteiger partial charge in [0.15, 0.2) is 0 Å². The third-order valence-corrected chi connectivity index (χ3v) is 8.93. The first-order chi connectivity index (χ1) is 16.4. The van der Waals surface area contributed by atoms with Crippen LogP contribution in [0.1, 0.15) is 27.6 Å². The van der Waals surface area contributed by atoms with Crippen molar-refractivity contribution in [2.45, 2.75) is 24.3 Å². The van der Waals surface area contributed by atoms with E-state index in [2.05, 4.69) is 18.0 Å². The maximum atomic E-state index is 13.7. The number of hydrogen-bond acceptors (Lipinski definition) is 5. The molecule has 1 atom stereocenters. The van der Waals surface area contributed by atoms with Crippen molar-refractivity contribution in [2.75, 3.05) is 26.7 Å². The molecule has 2 aromatic carbocycles. The zero-order valence-electron chi connectivity index (χ0n) is 19.3. The number of sulfonamides is 1. The maximum absolute atomic E-state index is 13.7. The molecule has 0 saturated carbocycles. The summed E-state index contributed by atoms with van der Waals surface area (Å²) in [7, 11) is -2.38. The Morgan fingerprint density at radius 3 is 2.59 bits per heavy atom. The quantitative estimate of drug-likeness (QED) is 0.433. The molecule has 4 rings (SSSR count). The maximum Gasteiger partial charge on any atom is 0.243 e. The molecular formula is C26H28N2O4S2. The van der Waals surface area contributed by atoms with Crippen molar-refractivity contribution < 1.29 is 17.9 Å². The van der Waals surface area contributed by atoms with Crippen molar-refractivity contribution in [1.29, 1.82) is 0 Å². The Kier molecular flexibility index (Phi) is 7.21. The van der Waals surface area contributed by atoms with Gasteiger partial charge in [0.05, 0.1) is 24.6 Å². The number of amides is 1. The van der Waals surface area contributed by atoms with Crippen LogP contribution in [0, 0.1) is 6.92 Å². The fourth-order valence-electron chi connectivity index (χ4n) is 4.34. The number of benzene rings is 2. The van der Waals surface area contributed by atoms with Crippen LogP contribution >= 0.6 is 11.3 Å². The van der Waals surface area contributed by atoms with E-state index >= 15 is 0 Å². The van der Waals surface area contributed by atoms with E-state index in [0.29, 0.717) is 12.3 Å². The number of nitrogens with zero attached hydrogens (tertiary/aromatic N) is 2. The normalized spacial score (nSPS) is 15.7. The van der Waals surface area contributed by atoms with Crippen molar-refractivity contribution in [2.24, 2.45) is 0 Å². The molecule has 0 N–H and O–H groups in total. The molecule has 0 aliphatic carbocycles. The van der Waals surface area contributed by atoms with Crippen LogP contribution in [-0.2, 0) is 21.2 Å². The SMILES string of the molecule is C=CCN(CC(=O)N1CCc2sccc2C1c1ccccc1C)S(=O)(=O)c1ccc(OC)cc1. The largest absolute Gasteiger partial charge is 0.497 e. The van der Waals surface area contributed by atoms with E-state index in [0.717, 1.165) is 23.1 Å². The van der Waals surface area contributed by atoms with Gasteiger partial charge in [-0.2, -0.15) is 4.31 Å². The van der Waals surface area contributed by atoms with Gasteiger partial charge in [-0.1, -0.05) is 30.3 Å². The van der Waals surface area contributed by atoms with Gasteiger partial charge in [-0.3, -0.25) is 4.79 Å². The molecule has 0 saturated heterocycles. The molecule has 178 valence electrons. The number of fused-ring (bicyclic) bond motifs is 1. The first-order valence-corrected chi connectivity index (χ1v) is 13.3. The van der Waals surface area contributed by atoms with Crippen molar-refractivity contribution >= 4 is 27.3 Å². The van der Waals surface area contributed by atoms with Crippen molar-refractivity contribution in [3.8, 4) is 5.75 Å². The van der Waals surface area contributed by atoms with E-state index in [-0.39, 0.29) is 29.9 Å². The number of ether oxygens (including phenoxy) is 1. The van der Waals surface area contributed by atoms with Gasteiger partial charge in [-0.05, 0) is 65.7 Å². The monoisotopic (exact) mass is 496 g/mol. The van der Waals surface area contributed by atoms with Gasteiger partial charge < -0.3 is 9.64 Å². The predicted molar refractivity (Wildman–Crippen MR) is 135 cm³/mol. The lowest BCUT2D eigenvalue weighted by atomic mass is 9.90. The number of hydrogen-bond donors (Lipinski definition) is 0. The van der Waals surface area contributed by atoms with Crippen LogP contribution in [-0.4, -0.2) is 50.3 Å². The predicted octanol–water partition coefficient (Wildman–Crippen LogP) is 4.42. The van der Waals surface area contributed by atoms with E-state index in [1.807, 2.05) is 36.1 Å². The lowest BCUT2D eigenvalue weighted by molar-refractivity contribution is -0.133. The zero-order valence-corrected chi connectivity index (χ0v) is 20.9. The lowest BCUT2D eigenvalue weighted by Gasteiger charge is -2.38. The van der Waals surface area contributed by atoms with Gasteiger partial charge in [0, 0.05) is 18.0 Å². The van der Waals surface area contributed by atoms with Crippen LogP contribution in [0.4, 0.5) is 0 Å². The van der Waals surface area contributed by atoms with Crippen LogP contribution in [0.2, 0.25) is 0 Å². The van der Waals surface area contributed by atoms with Gasteiger partial charge in [0.25, 0.3) is 0 Å². The minimum absolute atomic E-state index is 0.0344. The van der Waals surface area contributed by atoms with E-state index in [1.54, 1.807) is 23.5 Å². The van der Waals surface area contributed by atoms with Gasteiger partial charge in [0.1, 0.15) is 5.75 Å². The molecule has 1 aliphatic heterocycles. The smallest absolute Gasteiger partial charge is 0.243 e. The fraction of sp³-hybridized carbons (Fsp3) is 0.269. The summed E-state index contributed by atoms with van der Waals surface area (Å²) in [6.45, 7) is 6.05. The lowest BCUT2D eigenvalue weighted by Crippen LogP contribution is -2.46. The highest BCUT2D eigenvalue weighted by Gasteiger charge is 2.35. The van der Waals surface area contributed by atoms with Crippen LogP contribution in [0.3, 0.4) is 0 Å². The molecular weight excluding hydrogens is 468 g/mol. The number of aryl methyl sites for hydroxylation is 1. The van der Waals surface area contributed by atoms with Gasteiger partial charge in [-0.15, -0.1) is 17.9 Å². The highest BCUT2D eigenvalue weighted by atomic mass is 32.2. The van der Waals surface area contributed by atoms with Gasteiger partial charge in [-0.25, -0.2) is 8.42 Å². The Morgan fingerprint density at radius 1 is 1.18 bits per heavy atom. The Morgan fingerprint density at radius 2 is 1.91 bits per heavy atom. The van der Waals surface area contributed by atoms with Crippen LogP contribution in [0.5, 0.6) is 5.75 Å². The Balaban J connectivity index is 1.65. The molecule has 3 aromatic rings. The molecule has 0 fully saturated rings. The molecule has 8 heteroatoms. The number of rotatable bonds is 8.